The number of carbonyl (C=O) groups excluding carboxylic acids is 2. The molecule has 218 valence electrons. The maximum Gasteiger partial charge on any atom is 0.331 e. The molecule has 40 heavy (non-hydrogen) atoms. The van der Waals surface area contributed by atoms with Crippen LogP contribution in [-0.2, 0) is 19.8 Å². The number of amides is 2. The van der Waals surface area contributed by atoms with E-state index in [0.717, 1.165) is 16.7 Å². The zero-order valence-electron chi connectivity index (χ0n) is 25.7. The molecule has 0 radical (unpaired) electrons. The minimum Gasteiger partial charge on any atom is -0.478 e. The fourth-order valence-corrected chi connectivity index (χ4v) is 5.02. The quantitative estimate of drug-likeness (QED) is 0.332. The van der Waals surface area contributed by atoms with Crippen LogP contribution >= 0.6 is 0 Å². The van der Waals surface area contributed by atoms with Gasteiger partial charge in [0.15, 0.2) is 0 Å². The summed E-state index contributed by atoms with van der Waals surface area (Å²) in [4.78, 5) is 40.8. The van der Waals surface area contributed by atoms with Crippen molar-refractivity contribution in [1.29, 1.82) is 0 Å². The molecule has 0 unspecified atom stereocenters. The van der Waals surface area contributed by atoms with Crippen LogP contribution < -0.4 is 10.6 Å². The van der Waals surface area contributed by atoms with Crippen molar-refractivity contribution in [3.05, 3.63) is 71.8 Å². The third-order valence-corrected chi connectivity index (χ3v) is 7.62. The Morgan fingerprint density at radius 2 is 1.48 bits per heavy atom. The zero-order chi connectivity index (χ0) is 30.4. The van der Waals surface area contributed by atoms with Crippen molar-refractivity contribution >= 4 is 17.8 Å². The Hall–Kier alpha value is -3.45. The predicted molar refractivity (Wildman–Crippen MR) is 162 cm³/mol. The standard InChI is InChI=1S/C33H47N3O4/c1-21(2)26(19-22(3)31(39)40)36(10)30(38)28(32(4,5)6)35-29(37)27(34-9)33(7,8)25-18-14-17-24(20-25)23-15-12-11-13-16-23/h11-21,26-28,34H,1-10H3,(H,35,37)(H,39,40)/t26-,27+,28-/m1/s1. The Labute approximate surface area is 240 Å². The van der Waals surface area contributed by atoms with Gasteiger partial charge in [0.2, 0.25) is 11.8 Å². The summed E-state index contributed by atoms with van der Waals surface area (Å²) in [6.07, 6.45) is 1.60. The van der Waals surface area contributed by atoms with Gasteiger partial charge in [-0.25, -0.2) is 4.79 Å². The molecule has 0 saturated heterocycles. The Balaban J connectivity index is 2.39. The van der Waals surface area contributed by atoms with Crippen molar-refractivity contribution in [2.24, 2.45) is 11.3 Å². The highest BCUT2D eigenvalue weighted by Crippen LogP contribution is 2.32. The summed E-state index contributed by atoms with van der Waals surface area (Å²) in [6.45, 7) is 15.2. The molecule has 2 amide bonds. The lowest BCUT2D eigenvalue weighted by atomic mass is 9.76. The van der Waals surface area contributed by atoms with Crippen LogP contribution in [0, 0.1) is 11.3 Å². The van der Waals surface area contributed by atoms with Gasteiger partial charge < -0.3 is 20.6 Å². The van der Waals surface area contributed by atoms with E-state index in [1.807, 2.05) is 78.8 Å². The maximum atomic E-state index is 13.9. The van der Waals surface area contributed by atoms with Crippen molar-refractivity contribution in [3.63, 3.8) is 0 Å². The molecular formula is C33H47N3O4. The summed E-state index contributed by atoms with van der Waals surface area (Å²) in [5.74, 6) is -1.60. The van der Waals surface area contributed by atoms with E-state index in [9.17, 15) is 19.5 Å². The molecule has 7 heteroatoms. The fraction of sp³-hybridized carbons (Fsp3) is 0.485. The van der Waals surface area contributed by atoms with Gasteiger partial charge in [-0.2, -0.15) is 0 Å². The zero-order valence-corrected chi connectivity index (χ0v) is 25.7. The molecule has 0 aliphatic heterocycles. The van der Waals surface area contributed by atoms with E-state index in [4.69, 9.17) is 0 Å². The largest absolute Gasteiger partial charge is 0.478 e. The molecule has 7 nitrogen and oxygen atoms in total. The minimum atomic E-state index is -1.03. The van der Waals surface area contributed by atoms with E-state index < -0.39 is 34.9 Å². The smallest absolute Gasteiger partial charge is 0.331 e. The first-order valence-electron chi connectivity index (χ1n) is 13.8. The predicted octanol–water partition coefficient (Wildman–Crippen LogP) is 5.26. The topological polar surface area (TPSA) is 98.7 Å². The van der Waals surface area contributed by atoms with Crippen LogP contribution in [0.5, 0.6) is 0 Å². The summed E-state index contributed by atoms with van der Waals surface area (Å²) in [7, 11) is 3.42. The lowest BCUT2D eigenvalue weighted by Gasteiger charge is -2.40. The van der Waals surface area contributed by atoms with E-state index in [2.05, 4.69) is 34.9 Å². The minimum absolute atomic E-state index is 0.0274. The van der Waals surface area contributed by atoms with Crippen LogP contribution in [0.2, 0.25) is 0 Å². The molecule has 2 aromatic rings. The van der Waals surface area contributed by atoms with E-state index in [0.29, 0.717) is 0 Å². The van der Waals surface area contributed by atoms with Gasteiger partial charge in [-0.05, 0) is 42.0 Å². The van der Waals surface area contributed by atoms with Crippen LogP contribution in [-0.4, -0.2) is 60.0 Å². The molecule has 3 N–H and O–H groups in total. The van der Waals surface area contributed by atoms with Gasteiger partial charge in [0.05, 0.1) is 12.1 Å². The van der Waals surface area contributed by atoms with Gasteiger partial charge in [0, 0.05) is 18.0 Å². The Morgan fingerprint density at radius 1 is 0.900 bits per heavy atom. The normalized spacial score (nSPS) is 14.8. The maximum absolute atomic E-state index is 13.9. The lowest BCUT2D eigenvalue weighted by molar-refractivity contribution is -0.141. The number of hydrogen-bond donors (Lipinski definition) is 3. The second kappa shape index (κ2) is 13.3. The third kappa shape index (κ3) is 7.81. The number of likely N-dealkylation sites (N-methyl/N-ethyl adjacent to an activating group) is 2. The van der Waals surface area contributed by atoms with Crippen molar-refractivity contribution in [2.45, 2.75) is 78.9 Å². The van der Waals surface area contributed by atoms with Gasteiger partial charge in [-0.1, -0.05) is 109 Å². The molecule has 0 saturated carbocycles. The highest BCUT2D eigenvalue weighted by Gasteiger charge is 2.41. The number of carboxylic acids is 1. The second-order valence-corrected chi connectivity index (χ2v) is 12.5. The van der Waals surface area contributed by atoms with Gasteiger partial charge in [-0.15, -0.1) is 0 Å². The number of benzene rings is 2. The number of nitrogens with zero attached hydrogens (tertiary/aromatic N) is 1. The van der Waals surface area contributed by atoms with Crippen molar-refractivity contribution in [2.75, 3.05) is 14.1 Å². The Kier molecular flexibility index (Phi) is 10.9. The molecule has 0 aliphatic carbocycles. The summed E-state index contributed by atoms with van der Waals surface area (Å²) in [6, 6.07) is 16.4. The monoisotopic (exact) mass is 549 g/mol. The summed E-state index contributed by atoms with van der Waals surface area (Å²) < 4.78 is 0. The summed E-state index contributed by atoms with van der Waals surface area (Å²) in [5, 5.41) is 15.6. The first-order valence-corrected chi connectivity index (χ1v) is 13.8. The van der Waals surface area contributed by atoms with E-state index >= 15 is 0 Å². The highest BCUT2D eigenvalue weighted by molar-refractivity contribution is 5.91. The Morgan fingerprint density at radius 3 is 1.98 bits per heavy atom. The number of aliphatic carboxylic acids is 1. The van der Waals surface area contributed by atoms with Crippen LogP contribution in [0.25, 0.3) is 11.1 Å². The van der Waals surface area contributed by atoms with Crippen LogP contribution in [0.15, 0.2) is 66.2 Å². The number of carboxylic acid groups (broad SMARTS) is 1. The van der Waals surface area contributed by atoms with Gasteiger partial charge in [0.1, 0.15) is 6.04 Å². The molecule has 0 aromatic heterocycles. The molecule has 0 aliphatic rings. The fourth-order valence-electron chi connectivity index (χ4n) is 5.02. The van der Waals surface area contributed by atoms with Gasteiger partial charge in [-0.3, -0.25) is 9.59 Å². The van der Waals surface area contributed by atoms with E-state index in [1.165, 1.54) is 6.92 Å². The summed E-state index contributed by atoms with van der Waals surface area (Å²) >= 11 is 0. The molecule has 2 aromatic carbocycles. The number of hydrogen-bond acceptors (Lipinski definition) is 4. The Bertz CT molecular complexity index is 1210. The second-order valence-electron chi connectivity index (χ2n) is 12.5. The van der Waals surface area contributed by atoms with Crippen molar-refractivity contribution < 1.29 is 19.5 Å². The average Bonchev–Trinajstić information content (AvgIpc) is 2.89. The van der Waals surface area contributed by atoms with Crippen LogP contribution in [0.4, 0.5) is 0 Å². The van der Waals surface area contributed by atoms with Gasteiger partial charge in [0.25, 0.3) is 0 Å². The number of rotatable bonds is 11. The SMILES string of the molecule is CN[C@@H](C(=O)N[C@H](C(=O)N(C)[C@H](C=C(C)C(=O)O)C(C)C)C(C)(C)C)C(C)(C)c1cccc(-c2ccccc2)c1. The van der Waals surface area contributed by atoms with Gasteiger partial charge >= 0.3 is 5.97 Å². The van der Waals surface area contributed by atoms with Crippen molar-refractivity contribution in [1.82, 2.24) is 15.5 Å². The molecule has 3 atom stereocenters. The average molecular weight is 550 g/mol. The summed E-state index contributed by atoms with van der Waals surface area (Å²) in [5.41, 5.74) is 2.12. The highest BCUT2D eigenvalue weighted by atomic mass is 16.4. The molecule has 0 fully saturated rings. The first kappa shape index (κ1) is 32.8. The number of nitrogens with one attached hydrogen (secondary N) is 2. The van der Waals surface area contributed by atoms with E-state index in [1.54, 1.807) is 25.1 Å². The molecule has 2 rings (SSSR count). The molecule has 0 bridgehead atoms. The van der Waals surface area contributed by atoms with Crippen LogP contribution in [0.1, 0.15) is 61.0 Å². The van der Waals surface area contributed by atoms with Crippen molar-refractivity contribution in [3.8, 4) is 11.1 Å². The molecule has 0 heterocycles. The molecular weight excluding hydrogens is 502 g/mol. The number of carbonyl (C=O) groups is 3. The lowest BCUT2D eigenvalue weighted by Crippen LogP contribution is -2.61. The van der Waals surface area contributed by atoms with Crippen LogP contribution in [0.3, 0.4) is 0 Å². The third-order valence-electron chi connectivity index (χ3n) is 7.62. The molecule has 0 spiro atoms. The first-order chi connectivity index (χ1) is 18.5. The van der Waals surface area contributed by atoms with E-state index in [-0.39, 0.29) is 23.3 Å².